The Labute approximate surface area is 123 Å². The van der Waals surface area contributed by atoms with Gasteiger partial charge in [0.2, 0.25) is 11.6 Å². The number of nitrogens with one attached hydrogen (secondary N) is 1. The van der Waals surface area contributed by atoms with E-state index in [2.05, 4.69) is 16.4 Å². The monoisotopic (exact) mass is 291 g/mol. The highest BCUT2D eigenvalue weighted by Crippen LogP contribution is 2.20. The molecule has 0 aliphatic heterocycles. The van der Waals surface area contributed by atoms with E-state index in [1.807, 2.05) is 0 Å². The van der Waals surface area contributed by atoms with Gasteiger partial charge in [-0.15, -0.1) is 12.4 Å². The maximum absolute atomic E-state index is 11.7. The summed E-state index contributed by atoms with van der Waals surface area (Å²) in [7, 11) is 0. The molecule has 104 valence electrons. The van der Waals surface area contributed by atoms with Crippen molar-refractivity contribution in [1.82, 2.24) is 10.3 Å². The Hall–Kier alpha value is -2.19. The van der Waals surface area contributed by atoms with Gasteiger partial charge in [-0.05, 0) is 25.0 Å². The van der Waals surface area contributed by atoms with Crippen molar-refractivity contribution in [3.05, 3.63) is 35.7 Å². The van der Waals surface area contributed by atoms with Crippen LogP contribution in [0.3, 0.4) is 0 Å². The predicted molar refractivity (Wildman–Crippen MR) is 76.3 cm³/mol. The van der Waals surface area contributed by atoms with Crippen molar-refractivity contribution in [3.63, 3.8) is 0 Å². The first-order valence-electron chi connectivity index (χ1n) is 6.10. The van der Waals surface area contributed by atoms with Gasteiger partial charge in [-0.2, -0.15) is 5.26 Å². The van der Waals surface area contributed by atoms with Crippen molar-refractivity contribution < 1.29 is 9.59 Å². The molecule has 0 unspecified atom stereocenters. The number of nitrogens with zero attached hydrogens (tertiary/aromatic N) is 2. The van der Waals surface area contributed by atoms with Crippen molar-refractivity contribution in [1.29, 1.82) is 5.26 Å². The van der Waals surface area contributed by atoms with Crippen LogP contribution in [0.4, 0.5) is 0 Å². The molecule has 0 amide bonds. The predicted octanol–water partition coefficient (Wildman–Crippen LogP) is 1.89. The van der Waals surface area contributed by atoms with Crippen LogP contribution in [0.5, 0.6) is 0 Å². The molecule has 5 nitrogen and oxygen atoms in total. The van der Waals surface area contributed by atoms with Gasteiger partial charge in [-0.25, -0.2) is 0 Å². The molecule has 1 aromatic rings. The highest BCUT2D eigenvalue weighted by Gasteiger charge is 2.26. The summed E-state index contributed by atoms with van der Waals surface area (Å²) in [5.74, 6) is -1.04. The van der Waals surface area contributed by atoms with Gasteiger partial charge in [-0.1, -0.05) is 0 Å². The molecule has 0 atom stereocenters. The molecule has 1 aromatic heterocycles. The zero-order valence-electron chi connectivity index (χ0n) is 10.8. The molecule has 1 aliphatic carbocycles. The average Bonchev–Trinajstić information content (AvgIpc) is 2.44. The molecule has 6 heteroatoms. The number of unbranched alkanes of at least 4 members (excludes halogenated alkanes) is 2. The van der Waals surface area contributed by atoms with Crippen molar-refractivity contribution in [2.24, 2.45) is 0 Å². The second-order valence-corrected chi connectivity index (χ2v) is 4.19. The topological polar surface area (TPSA) is 82.9 Å². The van der Waals surface area contributed by atoms with Crippen LogP contribution in [0.25, 0.3) is 5.70 Å². The highest BCUT2D eigenvalue weighted by atomic mass is 35.5. The lowest BCUT2D eigenvalue weighted by atomic mass is 9.97. The smallest absolute Gasteiger partial charge is 0.235 e. The lowest BCUT2D eigenvalue weighted by molar-refractivity contribution is -0.111. The Morgan fingerprint density at radius 1 is 1.30 bits per heavy atom. The largest absolute Gasteiger partial charge is 0.383 e. The zero-order valence-corrected chi connectivity index (χ0v) is 11.6. The van der Waals surface area contributed by atoms with E-state index in [0.29, 0.717) is 29.9 Å². The fourth-order valence-electron chi connectivity index (χ4n) is 1.89. The minimum atomic E-state index is -0.528. The van der Waals surface area contributed by atoms with Gasteiger partial charge in [0.1, 0.15) is 0 Å². The molecule has 0 radical (unpaired) electrons. The first kappa shape index (κ1) is 15.9. The van der Waals surface area contributed by atoms with Gasteiger partial charge in [0.15, 0.2) is 0 Å². The third-order valence-electron chi connectivity index (χ3n) is 2.84. The minimum Gasteiger partial charge on any atom is -0.383 e. The van der Waals surface area contributed by atoms with E-state index in [-0.39, 0.29) is 12.4 Å². The first-order chi connectivity index (χ1) is 9.24. The van der Waals surface area contributed by atoms with Crippen LogP contribution in [0.1, 0.15) is 35.3 Å². The maximum Gasteiger partial charge on any atom is 0.235 e. The number of allylic oxidation sites excluding steroid dienone is 1. The normalized spacial score (nSPS) is 12.8. The van der Waals surface area contributed by atoms with Crippen LogP contribution >= 0.6 is 12.4 Å². The number of carbonyl (C=O) groups excluding carboxylic acids is 2. The highest BCUT2D eigenvalue weighted by molar-refractivity contribution is 6.50. The van der Waals surface area contributed by atoms with Crippen LogP contribution in [-0.4, -0.2) is 23.1 Å². The molecule has 0 saturated carbocycles. The summed E-state index contributed by atoms with van der Waals surface area (Å²) in [6.07, 6.45) is 5.04. The first-order valence-corrected chi connectivity index (χ1v) is 6.10. The van der Waals surface area contributed by atoms with Gasteiger partial charge in [0.05, 0.1) is 23.0 Å². The molecule has 2 rings (SSSR count). The number of fused-ring (bicyclic) bond motifs is 1. The van der Waals surface area contributed by atoms with E-state index in [1.54, 1.807) is 18.3 Å². The van der Waals surface area contributed by atoms with Crippen molar-refractivity contribution in [2.45, 2.75) is 19.3 Å². The summed E-state index contributed by atoms with van der Waals surface area (Å²) in [5.41, 5.74) is 1.44. The van der Waals surface area contributed by atoms with Gasteiger partial charge in [-0.3, -0.25) is 14.6 Å². The molecular weight excluding hydrogens is 278 g/mol. The summed E-state index contributed by atoms with van der Waals surface area (Å²) in [6, 6.07) is 5.32. The molecule has 1 heterocycles. The third kappa shape index (κ3) is 3.43. The van der Waals surface area contributed by atoms with E-state index in [1.165, 1.54) is 6.08 Å². The molecule has 0 bridgehead atoms. The van der Waals surface area contributed by atoms with Crippen LogP contribution in [0, 0.1) is 11.3 Å². The van der Waals surface area contributed by atoms with Crippen LogP contribution in [0.2, 0.25) is 0 Å². The second-order valence-electron chi connectivity index (χ2n) is 4.19. The quantitative estimate of drug-likeness (QED) is 0.662. The fraction of sp³-hybridized carbons (Fsp3) is 0.286. The van der Waals surface area contributed by atoms with Crippen molar-refractivity contribution in [2.75, 3.05) is 6.54 Å². The van der Waals surface area contributed by atoms with E-state index in [4.69, 9.17) is 5.26 Å². The van der Waals surface area contributed by atoms with E-state index in [9.17, 15) is 9.59 Å². The van der Waals surface area contributed by atoms with Crippen molar-refractivity contribution in [3.8, 4) is 6.07 Å². The lowest BCUT2D eigenvalue weighted by Gasteiger charge is -2.16. The number of rotatable bonds is 5. The number of ketones is 2. The number of halogens is 1. The molecule has 20 heavy (non-hydrogen) atoms. The van der Waals surface area contributed by atoms with E-state index in [0.717, 1.165) is 12.8 Å². The number of Topliss-reactive ketones (excluding diaryl/α,β-unsaturated/α-hetero) is 1. The summed E-state index contributed by atoms with van der Waals surface area (Å²) in [4.78, 5) is 27.4. The molecule has 0 aromatic carbocycles. The number of hydrogen-bond donors (Lipinski definition) is 1. The SMILES string of the molecule is Cl.N#CCCCCNC1=CC(=O)C(=O)c2cccnc21. The number of carbonyl (C=O) groups is 2. The van der Waals surface area contributed by atoms with E-state index >= 15 is 0 Å². The van der Waals surface area contributed by atoms with Crippen LogP contribution in [0.15, 0.2) is 24.4 Å². The van der Waals surface area contributed by atoms with Crippen LogP contribution < -0.4 is 5.32 Å². The fourth-order valence-corrected chi connectivity index (χ4v) is 1.89. The average molecular weight is 292 g/mol. The number of nitriles is 1. The molecular formula is C14H14ClN3O2. The summed E-state index contributed by atoms with van der Waals surface area (Å²) in [5, 5.41) is 11.5. The second kappa shape index (κ2) is 7.41. The van der Waals surface area contributed by atoms with Gasteiger partial charge in [0, 0.05) is 25.2 Å². The van der Waals surface area contributed by atoms with Gasteiger partial charge in [0.25, 0.3) is 0 Å². The Balaban J connectivity index is 0.00000200. The third-order valence-corrected chi connectivity index (χ3v) is 2.84. The molecule has 0 saturated heterocycles. The molecule has 0 fully saturated rings. The number of aromatic nitrogens is 1. The molecule has 1 aliphatic rings. The zero-order chi connectivity index (χ0) is 13.7. The van der Waals surface area contributed by atoms with Gasteiger partial charge >= 0.3 is 0 Å². The van der Waals surface area contributed by atoms with Crippen LogP contribution in [-0.2, 0) is 4.79 Å². The van der Waals surface area contributed by atoms with Crippen molar-refractivity contribution >= 4 is 29.7 Å². The number of hydrogen-bond acceptors (Lipinski definition) is 5. The summed E-state index contributed by atoms with van der Waals surface area (Å²) >= 11 is 0. The number of pyridine rings is 1. The lowest BCUT2D eigenvalue weighted by Crippen LogP contribution is -2.25. The Morgan fingerprint density at radius 2 is 2.10 bits per heavy atom. The minimum absolute atomic E-state index is 0. The van der Waals surface area contributed by atoms with Gasteiger partial charge < -0.3 is 5.32 Å². The van der Waals surface area contributed by atoms with E-state index < -0.39 is 11.6 Å². The molecule has 0 spiro atoms. The molecule has 1 N–H and O–H groups in total. The summed E-state index contributed by atoms with van der Waals surface area (Å²) in [6.45, 7) is 0.644. The maximum atomic E-state index is 11.7. The Morgan fingerprint density at radius 3 is 2.85 bits per heavy atom. The Kier molecular flexibility index (Phi) is 5.88. The Bertz CT molecular complexity index is 590. The standard InChI is InChI=1S/C14H13N3O2.ClH/c15-6-2-1-3-7-16-11-9-12(18)14(19)10-5-4-8-17-13(10)11;/h4-5,8-9,16H,1-3,7H2;1H. The summed E-state index contributed by atoms with van der Waals surface area (Å²) < 4.78 is 0.